The maximum absolute atomic E-state index is 14.1. The minimum Gasteiger partial charge on any atom is -0.350 e. The van der Waals surface area contributed by atoms with Gasteiger partial charge in [0.1, 0.15) is 11.6 Å². The number of alkyl halides is 1. The van der Waals surface area contributed by atoms with Gasteiger partial charge < -0.3 is 4.74 Å². The zero-order valence-corrected chi connectivity index (χ0v) is 16.0. The average Bonchev–Trinajstić information content (AvgIpc) is 3.12. The molecule has 1 saturated carbocycles. The highest BCUT2D eigenvalue weighted by Gasteiger charge is 2.33. The zero-order chi connectivity index (χ0) is 19.1. The quantitative estimate of drug-likeness (QED) is 0.569. The van der Waals surface area contributed by atoms with Crippen molar-refractivity contribution in [2.45, 2.75) is 49.7 Å². The molecule has 144 valence electrons. The van der Waals surface area contributed by atoms with Crippen LogP contribution >= 0.6 is 11.6 Å². The molecule has 0 bridgehead atoms. The minimum atomic E-state index is -0.632. The summed E-state index contributed by atoms with van der Waals surface area (Å²) in [6.45, 7) is 0.443. The van der Waals surface area contributed by atoms with Crippen molar-refractivity contribution in [3.05, 3.63) is 71.3 Å². The lowest BCUT2D eigenvalue weighted by Crippen LogP contribution is -2.18. The fraction of sp³-hybridized carbons (Fsp3) is 0.381. The van der Waals surface area contributed by atoms with Crippen molar-refractivity contribution in [3.8, 4) is 5.69 Å². The van der Waals surface area contributed by atoms with E-state index in [2.05, 4.69) is 25.8 Å². The highest BCUT2D eigenvalue weighted by molar-refractivity contribution is 6.19. The highest BCUT2D eigenvalue weighted by atomic mass is 35.5. The number of ether oxygens (including phenoxy) is 1. The third-order valence-electron chi connectivity index (χ3n) is 5.80. The summed E-state index contributed by atoms with van der Waals surface area (Å²) in [7, 11) is 0. The fourth-order valence-corrected chi connectivity index (χ4v) is 4.58. The summed E-state index contributed by atoms with van der Waals surface area (Å²) in [6, 6.07) is 11.2. The first kappa shape index (κ1) is 17.8. The summed E-state index contributed by atoms with van der Waals surface area (Å²) in [6.07, 6.45) is 5.25. The van der Waals surface area contributed by atoms with Crippen molar-refractivity contribution < 1.29 is 9.13 Å². The summed E-state index contributed by atoms with van der Waals surface area (Å²) >= 11 is 6.42. The molecule has 1 fully saturated rings. The Morgan fingerprint density at radius 3 is 2.54 bits per heavy atom. The molecule has 2 aromatic heterocycles. The Labute approximate surface area is 167 Å². The number of fused-ring (bicyclic) bond motifs is 3. The van der Waals surface area contributed by atoms with Gasteiger partial charge in [0.05, 0.1) is 18.0 Å². The standard InChI is InChI=1S/C21H20ClFN4O/c22-19-21-26-25-20(27(21)17-6-2-1-4-15(17)12-28-19)14-9-7-13(8-10-14)18-16(23)5-3-11-24-18/h1-6,11,13-14,19H,7-10,12H2. The molecule has 5 rings (SSSR count). The predicted octanol–water partition coefficient (Wildman–Crippen LogP) is 5.01. The first-order valence-electron chi connectivity index (χ1n) is 9.62. The molecule has 0 N–H and O–H groups in total. The Kier molecular flexibility index (Phi) is 4.61. The first-order valence-corrected chi connectivity index (χ1v) is 10.1. The molecule has 7 heteroatoms. The number of pyridine rings is 1. The lowest BCUT2D eigenvalue weighted by atomic mass is 9.79. The Balaban J connectivity index is 1.45. The van der Waals surface area contributed by atoms with Crippen molar-refractivity contribution >= 4 is 11.6 Å². The van der Waals surface area contributed by atoms with E-state index in [9.17, 15) is 4.39 Å². The van der Waals surface area contributed by atoms with Crippen LogP contribution in [0.15, 0.2) is 42.6 Å². The number of rotatable bonds is 2. The maximum Gasteiger partial charge on any atom is 0.191 e. The van der Waals surface area contributed by atoms with Crippen LogP contribution in [0.3, 0.4) is 0 Å². The van der Waals surface area contributed by atoms with Crippen LogP contribution in [0.1, 0.15) is 66.0 Å². The van der Waals surface area contributed by atoms with Gasteiger partial charge in [-0.2, -0.15) is 0 Å². The van der Waals surface area contributed by atoms with Crippen molar-refractivity contribution in [1.29, 1.82) is 0 Å². The number of halogens is 2. The van der Waals surface area contributed by atoms with Gasteiger partial charge in [0, 0.05) is 23.6 Å². The van der Waals surface area contributed by atoms with Gasteiger partial charge in [0.15, 0.2) is 11.4 Å². The second-order valence-electron chi connectivity index (χ2n) is 7.43. The van der Waals surface area contributed by atoms with Gasteiger partial charge in [-0.15, -0.1) is 10.2 Å². The molecular formula is C21H20ClFN4O. The molecule has 1 aromatic carbocycles. The van der Waals surface area contributed by atoms with E-state index in [1.165, 1.54) is 6.07 Å². The Morgan fingerprint density at radius 1 is 0.964 bits per heavy atom. The van der Waals surface area contributed by atoms with Crippen LogP contribution in [0, 0.1) is 5.82 Å². The van der Waals surface area contributed by atoms with E-state index in [0.29, 0.717) is 18.1 Å². The monoisotopic (exact) mass is 398 g/mol. The van der Waals surface area contributed by atoms with Crippen LogP contribution in [-0.2, 0) is 11.3 Å². The second kappa shape index (κ2) is 7.26. The number of benzene rings is 1. The molecule has 2 aliphatic rings. The third-order valence-corrected chi connectivity index (χ3v) is 6.12. The Bertz CT molecular complexity index is 1000. The molecule has 0 radical (unpaired) electrons. The average molecular weight is 399 g/mol. The van der Waals surface area contributed by atoms with Crippen LogP contribution in [0.2, 0.25) is 0 Å². The third kappa shape index (κ3) is 3.01. The Hall–Kier alpha value is -2.31. The van der Waals surface area contributed by atoms with Gasteiger partial charge in [0.25, 0.3) is 0 Å². The molecule has 1 unspecified atom stereocenters. The van der Waals surface area contributed by atoms with E-state index in [4.69, 9.17) is 16.3 Å². The second-order valence-corrected chi connectivity index (χ2v) is 7.82. The highest BCUT2D eigenvalue weighted by Crippen LogP contribution is 2.42. The van der Waals surface area contributed by atoms with E-state index in [0.717, 1.165) is 42.8 Å². The summed E-state index contributed by atoms with van der Waals surface area (Å²) in [4.78, 5) is 4.27. The molecular weight excluding hydrogens is 379 g/mol. The topological polar surface area (TPSA) is 52.8 Å². The molecule has 3 aromatic rings. The molecule has 1 atom stereocenters. The normalized spacial score (nSPS) is 24.3. The van der Waals surface area contributed by atoms with Gasteiger partial charge in [-0.1, -0.05) is 29.8 Å². The zero-order valence-electron chi connectivity index (χ0n) is 15.3. The molecule has 3 heterocycles. The fourth-order valence-electron chi connectivity index (χ4n) is 4.38. The summed E-state index contributed by atoms with van der Waals surface area (Å²) in [5.41, 5.74) is 2.05. The smallest absolute Gasteiger partial charge is 0.191 e. The largest absolute Gasteiger partial charge is 0.350 e. The number of aromatic nitrogens is 4. The van der Waals surface area contributed by atoms with E-state index in [-0.39, 0.29) is 17.7 Å². The van der Waals surface area contributed by atoms with Crippen molar-refractivity contribution in [2.75, 3.05) is 0 Å². The van der Waals surface area contributed by atoms with Crippen LogP contribution in [0.5, 0.6) is 0 Å². The van der Waals surface area contributed by atoms with Crippen LogP contribution in [0.4, 0.5) is 4.39 Å². The minimum absolute atomic E-state index is 0.153. The summed E-state index contributed by atoms with van der Waals surface area (Å²) in [5.74, 6) is 1.73. The number of para-hydroxylation sites is 1. The van der Waals surface area contributed by atoms with Crippen molar-refractivity contribution in [1.82, 2.24) is 19.7 Å². The van der Waals surface area contributed by atoms with Gasteiger partial charge in [-0.3, -0.25) is 9.55 Å². The molecule has 0 saturated heterocycles. The molecule has 0 amide bonds. The predicted molar refractivity (Wildman–Crippen MR) is 103 cm³/mol. The van der Waals surface area contributed by atoms with Crippen LogP contribution in [0.25, 0.3) is 5.69 Å². The van der Waals surface area contributed by atoms with Gasteiger partial charge >= 0.3 is 0 Å². The number of nitrogens with zero attached hydrogens (tertiary/aromatic N) is 4. The van der Waals surface area contributed by atoms with E-state index >= 15 is 0 Å². The van der Waals surface area contributed by atoms with Gasteiger partial charge in [0.2, 0.25) is 0 Å². The van der Waals surface area contributed by atoms with E-state index in [1.54, 1.807) is 12.3 Å². The van der Waals surface area contributed by atoms with Crippen molar-refractivity contribution in [3.63, 3.8) is 0 Å². The summed E-state index contributed by atoms with van der Waals surface area (Å²) in [5, 5.41) is 8.83. The number of hydrogen-bond donors (Lipinski definition) is 0. The maximum atomic E-state index is 14.1. The Morgan fingerprint density at radius 2 is 1.71 bits per heavy atom. The van der Waals surface area contributed by atoms with Gasteiger partial charge in [-0.25, -0.2) is 4.39 Å². The van der Waals surface area contributed by atoms with Crippen molar-refractivity contribution in [2.24, 2.45) is 0 Å². The first-order chi connectivity index (χ1) is 13.7. The molecule has 5 nitrogen and oxygen atoms in total. The molecule has 1 aliphatic carbocycles. The van der Waals surface area contributed by atoms with Crippen LogP contribution < -0.4 is 0 Å². The number of hydrogen-bond acceptors (Lipinski definition) is 4. The molecule has 0 spiro atoms. The van der Waals surface area contributed by atoms with E-state index < -0.39 is 5.56 Å². The molecule has 28 heavy (non-hydrogen) atoms. The molecule has 1 aliphatic heterocycles. The lowest BCUT2D eigenvalue weighted by molar-refractivity contribution is 0.0920. The SMILES string of the molecule is Fc1cccnc1C1CCC(c2nnc3n2-c2ccccc2COC3Cl)CC1. The van der Waals surface area contributed by atoms with Crippen LogP contribution in [-0.4, -0.2) is 19.7 Å². The summed E-state index contributed by atoms with van der Waals surface area (Å²) < 4.78 is 21.9. The van der Waals surface area contributed by atoms with E-state index in [1.807, 2.05) is 18.2 Å². The van der Waals surface area contributed by atoms with Gasteiger partial charge in [-0.05, 0) is 43.9 Å². The lowest BCUT2D eigenvalue weighted by Gasteiger charge is -2.28.